The SMILES string of the molecule is CC(C)C1Oc2cc([N+](=O)[O-])ccc2N(Cc2cccc(Cl)c2)C1=O. The summed E-state index contributed by atoms with van der Waals surface area (Å²) in [4.78, 5) is 25.0. The third kappa shape index (κ3) is 3.44. The van der Waals surface area contributed by atoms with Crippen molar-refractivity contribution in [2.45, 2.75) is 26.5 Å². The smallest absolute Gasteiger partial charge is 0.273 e. The van der Waals surface area contributed by atoms with Gasteiger partial charge in [-0.25, -0.2) is 0 Å². The number of carbonyl (C=O) groups excluding carboxylic acids is 1. The fourth-order valence-electron chi connectivity index (χ4n) is 2.80. The molecule has 0 N–H and O–H groups in total. The van der Waals surface area contributed by atoms with Gasteiger partial charge in [0.1, 0.15) is 0 Å². The first kappa shape index (κ1) is 17.2. The summed E-state index contributed by atoms with van der Waals surface area (Å²) in [6.45, 7) is 4.07. The van der Waals surface area contributed by atoms with Crippen molar-refractivity contribution in [3.05, 3.63) is 63.2 Å². The maximum Gasteiger partial charge on any atom is 0.273 e. The number of benzene rings is 2. The first-order chi connectivity index (χ1) is 11.9. The van der Waals surface area contributed by atoms with Crippen molar-refractivity contribution >= 4 is 28.9 Å². The number of rotatable bonds is 4. The minimum absolute atomic E-state index is 0.0678. The molecule has 1 unspecified atom stereocenters. The second kappa shape index (κ2) is 6.72. The van der Waals surface area contributed by atoms with E-state index in [2.05, 4.69) is 0 Å². The van der Waals surface area contributed by atoms with Gasteiger partial charge in [0.05, 0.1) is 23.2 Å². The lowest BCUT2D eigenvalue weighted by molar-refractivity contribution is -0.384. The van der Waals surface area contributed by atoms with E-state index in [0.717, 1.165) is 5.56 Å². The molecule has 3 rings (SSSR count). The largest absolute Gasteiger partial charge is 0.478 e. The van der Waals surface area contributed by atoms with E-state index < -0.39 is 11.0 Å². The molecule has 0 saturated heterocycles. The molecule has 0 bridgehead atoms. The number of nitro benzene ring substituents is 1. The molecule has 0 fully saturated rings. The Labute approximate surface area is 150 Å². The minimum atomic E-state index is -0.686. The molecule has 2 aromatic rings. The van der Waals surface area contributed by atoms with Crippen LogP contribution in [-0.2, 0) is 11.3 Å². The van der Waals surface area contributed by atoms with E-state index in [1.54, 1.807) is 23.1 Å². The van der Waals surface area contributed by atoms with Gasteiger partial charge in [-0.1, -0.05) is 37.6 Å². The molecule has 0 aromatic heterocycles. The topological polar surface area (TPSA) is 72.7 Å². The molecule has 1 amide bonds. The predicted molar refractivity (Wildman–Crippen MR) is 95.0 cm³/mol. The maximum absolute atomic E-state index is 12.9. The number of hydrogen-bond acceptors (Lipinski definition) is 4. The normalized spacial score (nSPS) is 16.6. The van der Waals surface area contributed by atoms with Gasteiger partial charge in [0.25, 0.3) is 11.6 Å². The zero-order chi connectivity index (χ0) is 18.1. The maximum atomic E-state index is 12.9. The molecule has 25 heavy (non-hydrogen) atoms. The van der Waals surface area contributed by atoms with E-state index in [9.17, 15) is 14.9 Å². The Hall–Kier alpha value is -2.60. The van der Waals surface area contributed by atoms with Gasteiger partial charge in [-0.3, -0.25) is 14.9 Å². The lowest BCUT2D eigenvalue weighted by Crippen LogP contribution is -2.48. The Bertz CT molecular complexity index is 838. The highest BCUT2D eigenvalue weighted by atomic mass is 35.5. The van der Waals surface area contributed by atoms with Crippen LogP contribution in [0.25, 0.3) is 0 Å². The molecule has 0 radical (unpaired) electrons. The average molecular weight is 361 g/mol. The molecule has 0 saturated carbocycles. The summed E-state index contributed by atoms with van der Waals surface area (Å²) in [6, 6.07) is 11.5. The van der Waals surface area contributed by atoms with Gasteiger partial charge in [0.2, 0.25) is 0 Å². The summed E-state index contributed by atoms with van der Waals surface area (Å²) < 4.78 is 5.77. The lowest BCUT2D eigenvalue weighted by atomic mass is 10.0. The van der Waals surface area contributed by atoms with Crippen LogP contribution in [-0.4, -0.2) is 16.9 Å². The van der Waals surface area contributed by atoms with Crippen molar-refractivity contribution in [2.24, 2.45) is 5.92 Å². The number of ether oxygens (including phenoxy) is 1. The molecule has 1 heterocycles. The van der Waals surface area contributed by atoms with E-state index in [-0.39, 0.29) is 17.5 Å². The van der Waals surface area contributed by atoms with Gasteiger partial charge in [0, 0.05) is 11.1 Å². The minimum Gasteiger partial charge on any atom is -0.478 e. The standard InChI is InChI=1S/C18H17ClN2O4/c1-11(2)17-18(22)20(10-12-4-3-5-13(19)8-12)15-7-6-14(21(23)24)9-16(15)25-17/h3-9,11,17H,10H2,1-2H3. The summed E-state index contributed by atoms with van der Waals surface area (Å²) in [7, 11) is 0. The highest BCUT2D eigenvalue weighted by molar-refractivity contribution is 6.30. The molecule has 2 aromatic carbocycles. The summed E-state index contributed by atoms with van der Waals surface area (Å²) >= 11 is 6.03. The van der Waals surface area contributed by atoms with Gasteiger partial charge in [0.15, 0.2) is 11.9 Å². The van der Waals surface area contributed by atoms with Crippen molar-refractivity contribution in [3.8, 4) is 5.75 Å². The number of nitrogens with zero attached hydrogens (tertiary/aromatic N) is 2. The molecular weight excluding hydrogens is 344 g/mol. The molecule has 130 valence electrons. The number of amides is 1. The van der Waals surface area contributed by atoms with Gasteiger partial charge in [-0.2, -0.15) is 0 Å². The third-order valence-corrected chi connectivity index (χ3v) is 4.28. The first-order valence-electron chi connectivity index (χ1n) is 7.87. The van der Waals surface area contributed by atoms with Crippen LogP contribution in [0.3, 0.4) is 0 Å². The second-order valence-corrected chi connectivity index (χ2v) is 6.68. The van der Waals surface area contributed by atoms with Crippen LogP contribution in [0.5, 0.6) is 5.75 Å². The Balaban J connectivity index is 2.03. The van der Waals surface area contributed by atoms with E-state index in [4.69, 9.17) is 16.3 Å². The second-order valence-electron chi connectivity index (χ2n) is 6.25. The van der Waals surface area contributed by atoms with Crippen LogP contribution in [0.2, 0.25) is 5.02 Å². The Kier molecular flexibility index (Phi) is 4.63. The van der Waals surface area contributed by atoms with Crippen molar-refractivity contribution in [3.63, 3.8) is 0 Å². The summed E-state index contributed by atoms with van der Waals surface area (Å²) in [5.41, 5.74) is 1.32. The molecule has 1 atom stereocenters. The van der Waals surface area contributed by atoms with Crippen molar-refractivity contribution in [1.82, 2.24) is 0 Å². The van der Waals surface area contributed by atoms with E-state index in [1.807, 2.05) is 26.0 Å². The number of anilines is 1. The van der Waals surface area contributed by atoms with Gasteiger partial charge in [-0.05, 0) is 29.7 Å². The van der Waals surface area contributed by atoms with E-state index in [1.165, 1.54) is 12.1 Å². The molecule has 0 spiro atoms. The molecule has 1 aliphatic heterocycles. The number of non-ortho nitro benzene ring substituents is 1. The highest BCUT2D eigenvalue weighted by Crippen LogP contribution is 2.39. The molecule has 6 nitrogen and oxygen atoms in total. The third-order valence-electron chi connectivity index (χ3n) is 4.04. The van der Waals surface area contributed by atoms with Crippen LogP contribution >= 0.6 is 11.6 Å². The van der Waals surface area contributed by atoms with Crippen LogP contribution < -0.4 is 9.64 Å². The van der Waals surface area contributed by atoms with Crippen LogP contribution in [0, 0.1) is 16.0 Å². The summed E-state index contributed by atoms with van der Waals surface area (Å²) in [6.07, 6.45) is -0.686. The number of halogens is 1. The quantitative estimate of drug-likeness (QED) is 0.605. The Morgan fingerprint density at radius 3 is 2.68 bits per heavy atom. The van der Waals surface area contributed by atoms with Gasteiger partial charge < -0.3 is 9.64 Å². The van der Waals surface area contributed by atoms with Gasteiger partial charge >= 0.3 is 0 Å². The Morgan fingerprint density at radius 1 is 1.28 bits per heavy atom. The molecule has 1 aliphatic rings. The van der Waals surface area contributed by atoms with Crippen LogP contribution in [0.1, 0.15) is 19.4 Å². The summed E-state index contributed by atoms with van der Waals surface area (Å²) in [5, 5.41) is 11.6. The van der Waals surface area contributed by atoms with E-state index >= 15 is 0 Å². The Morgan fingerprint density at radius 2 is 2.04 bits per heavy atom. The fourth-order valence-corrected chi connectivity index (χ4v) is 3.01. The monoisotopic (exact) mass is 360 g/mol. The first-order valence-corrected chi connectivity index (χ1v) is 8.25. The van der Waals surface area contributed by atoms with Gasteiger partial charge in [-0.15, -0.1) is 0 Å². The van der Waals surface area contributed by atoms with Crippen molar-refractivity contribution in [1.29, 1.82) is 0 Å². The number of hydrogen-bond donors (Lipinski definition) is 0. The summed E-state index contributed by atoms with van der Waals surface area (Å²) in [5.74, 6) is 0.104. The zero-order valence-corrected chi connectivity index (χ0v) is 14.6. The van der Waals surface area contributed by atoms with Crippen molar-refractivity contribution < 1.29 is 14.5 Å². The van der Waals surface area contributed by atoms with Crippen LogP contribution in [0.4, 0.5) is 11.4 Å². The zero-order valence-electron chi connectivity index (χ0n) is 13.8. The number of nitro groups is 1. The fraction of sp³-hybridized carbons (Fsp3) is 0.278. The molecule has 7 heteroatoms. The highest BCUT2D eigenvalue weighted by Gasteiger charge is 2.37. The van der Waals surface area contributed by atoms with Crippen molar-refractivity contribution in [2.75, 3.05) is 4.90 Å². The predicted octanol–water partition coefficient (Wildman–Crippen LogP) is 4.20. The molecular formula is C18H17ClN2O4. The molecule has 0 aliphatic carbocycles. The average Bonchev–Trinajstić information content (AvgIpc) is 2.56. The number of carbonyl (C=O) groups is 1. The van der Waals surface area contributed by atoms with E-state index in [0.29, 0.717) is 23.0 Å². The number of fused-ring (bicyclic) bond motifs is 1. The lowest BCUT2D eigenvalue weighted by Gasteiger charge is -2.36. The van der Waals surface area contributed by atoms with Crippen LogP contribution in [0.15, 0.2) is 42.5 Å².